The van der Waals surface area contributed by atoms with Crippen LogP contribution in [0.15, 0.2) is 66.7 Å². The number of likely N-dealkylation sites (N-methyl/N-ethyl adjacent to an activating group) is 1. The predicted molar refractivity (Wildman–Crippen MR) is 154 cm³/mol. The molecule has 3 aromatic rings. The molecular formula is C32H38N4O4. The van der Waals surface area contributed by atoms with Gasteiger partial charge in [-0.2, -0.15) is 0 Å². The molecule has 0 saturated carbocycles. The summed E-state index contributed by atoms with van der Waals surface area (Å²) >= 11 is 0. The van der Waals surface area contributed by atoms with Gasteiger partial charge < -0.3 is 19.6 Å². The molecule has 3 aromatic carbocycles. The first-order chi connectivity index (χ1) is 19.1. The fourth-order valence-corrected chi connectivity index (χ4v) is 5.45. The van der Waals surface area contributed by atoms with Crippen LogP contribution in [0.1, 0.15) is 59.9 Å². The first kappa shape index (κ1) is 27.5. The number of aromatic hydroxyl groups is 1. The van der Waals surface area contributed by atoms with Crippen molar-refractivity contribution in [1.82, 2.24) is 20.0 Å². The van der Waals surface area contributed by atoms with Crippen LogP contribution in [-0.2, 0) is 4.79 Å². The summed E-state index contributed by atoms with van der Waals surface area (Å²) in [6.07, 6.45) is -0.664. The smallest absolute Gasteiger partial charge is 0.322 e. The molecule has 0 bridgehead atoms. The minimum Gasteiger partial charge on any atom is -0.504 e. The number of aryl methyl sites for hydroxylation is 2. The summed E-state index contributed by atoms with van der Waals surface area (Å²) in [6.45, 7) is 8.88. The topological polar surface area (TPSA) is 85.3 Å². The maximum atomic E-state index is 14.4. The van der Waals surface area contributed by atoms with Gasteiger partial charge in [0.05, 0.1) is 18.2 Å². The van der Waals surface area contributed by atoms with Gasteiger partial charge in [0.25, 0.3) is 0 Å². The van der Waals surface area contributed by atoms with Gasteiger partial charge in [-0.15, -0.1) is 0 Å². The average molecular weight is 543 g/mol. The van der Waals surface area contributed by atoms with Gasteiger partial charge in [-0.05, 0) is 56.5 Å². The van der Waals surface area contributed by atoms with Crippen molar-refractivity contribution in [3.05, 3.63) is 94.5 Å². The third-order valence-corrected chi connectivity index (χ3v) is 7.70. The molecule has 2 saturated heterocycles. The number of benzene rings is 3. The summed E-state index contributed by atoms with van der Waals surface area (Å²) in [5.41, 5.74) is 5.13. The van der Waals surface area contributed by atoms with Crippen molar-refractivity contribution < 1.29 is 19.4 Å². The van der Waals surface area contributed by atoms with Gasteiger partial charge in [0, 0.05) is 20.1 Å². The molecule has 1 unspecified atom stereocenters. The largest absolute Gasteiger partial charge is 0.504 e. The van der Waals surface area contributed by atoms with E-state index in [1.165, 1.54) is 0 Å². The standard InChI is InChI=1S/C32H38N4O4/c1-20(2)40-27-18-25(14-15-26(27)37)31-33-29(23-10-6-21(3)7-11-23)30(24-12-8-22(4)9-13-24)36(31)32(39)35-17-16-34(5)28(38)19-35/h6-15,18,20,29-31,33,37H,16-17,19H2,1-5H3/t29-,30+,31?/m0/s1. The SMILES string of the molecule is Cc1ccc([C@@H]2[C@H](c3ccc(C)cc3)NC(c3ccc(O)c(OC(C)C)c3)N2C(=O)N2CCN(C)C(=O)C2)cc1. The molecule has 2 N–H and O–H groups in total. The predicted octanol–water partition coefficient (Wildman–Crippen LogP) is 5.08. The average Bonchev–Trinajstić information content (AvgIpc) is 3.32. The second-order valence-electron chi connectivity index (χ2n) is 11.1. The van der Waals surface area contributed by atoms with Gasteiger partial charge in [0.15, 0.2) is 11.5 Å². The van der Waals surface area contributed by atoms with E-state index in [1.807, 2.05) is 31.7 Å². The molecule has 8 heteroatoms. The Labute approximate surface area is 236 Å². The first-order valence-electron chi connectivity index (χ1n) is 13.8. The van der Waals surface area contributed by atoms with E-state index >= 15 is 0 Å². The van der Waals surface area contributed by atoms with Crippen molar-refractivity contribution in [1.29, 1.82) is 0 Å². The lowest BCUT2D eigenvalue weighted by Gasteiger charge is -2.38. The van der Waals surface area contributed by atoms with Gasteiger partial charge >= 0.3 is 6.03 Å². The second kappa shape index (κ2) is 11.2. The zero-order chi connectivity index (χ0) is 28.6. The minimum atomic E-state index is -0.532. The third kappa shape index (κ3) is 5.49. The quantitative estimate of drug-likeness (QED) is 0.470. The van der Waals surface area contributed by atoms with E-state index in [-0.39, 0.29) is 42.4 Å². The third-order valence-electron chi connectivity index (χ3n) is 7.70. The van der Waals surface area contributed by atoms with Crippen LogP contribution in [0.4, 0.5) is 4.79 Å². The summed E-state index contributed by atoms with van der Waals surface area (Å²) in [7, 11) is 1.76. The van der Waals surface area contributed by atoms with Crippen molar-refractivity contribution in [2.75, 3.05) is 26.7 Å². The zero-order valence-corrected chi connectivity index (χ0v) is 23.8. The number of nitrogens with zero attached hydrogens (tertiary/aromatic N) is 3. The Morgan fingerprint density at radius 1 is 0.925 bits per heavy atom. The molecule has 8 nitrogen and oxygen atoms in total. The summed E-state index contributed by atoms with van der Waals surface area (Å²) in [5.74, 6) is 0.327. The van der Waals surface area contributed by atoms with E-state index in [0.29, 0.717) is 18.8 Å². The van der Waals surface area contributed by atoms with Crippen molar-refractivity contribution in [2.45, 2.75) is 52.0 Å². The number of ether oxygens (including phenoxy) is 1. The van der Waals surface area contributed by atoms with E-state index in [4.69, 9.17) is 4.74 Å². The number of nitrogens with one attached hydrogen (secondary N) is 1. The van der Waals surface area contributed by atoms with Crippen molar-refractivity contribution >= 4 is 11.9 Å². The molecule has 2 aliphatic heterocycles. The maximum Gasteiger partial charge on any atom is 0.322 e. The number of carbonyl (C=O) groups is 2. The fourth-order valence-electron chi connectivity index (χ4n) is 5.45. The van der Waals surface area contributed by atoms with Crippen LogP contribution in [0.3, 0.4) is 0 Å². The molecule has 0 aliphatic carbocycles. The van der Waals surface area contributed by atoms with Crippen LogP contribution < -0.4 is 10.1 Å². The Bertz CT molecular complexity index is 1370. The number of hydrogen-bond acceptors (Lipinski definition) is 5. The molecule has 0 radical (unpaired) electrons. The number of piperazine rings is 1. The van der Waals surface area contributed by atoms with E-state index in [0.717, 1.165) is 27.8 Å². The summed E-state index contributed by atoms with van der Waals surface area (Å²) in [4.78, 5) is 32.2. The van der Waals surface area contributed by atoms with Crippen LogP contribution >= 0.6 is 0 Å². The number of carbonyl (C=O) groups excluding carboxylic acids is 2. The lowest BCUT2D eigenvalue weighted by Crippen LogP contribution is -2.54. The van der Waals surface area contributed by atoms with Gasteiger partial charge in [-0.1, -0.05) is 65.7 Å². The summed E-state index contributed by atoms with van der Waals surface area (Å²) in [6, 6.07) is 21.1. The van der Waals surface area contributed by atoms with Crippen LogP contribution in [0.5, 0.6) is 11.5 Å². The molecule has 5 rings (SSSR count). The highest BCUT2D eigenvalue weighted by Crippen LogP contribution is 2.47. The number of amides is 3. The van der Waals surface area contributed by atoms with Crippen molar-refractivity contribution in [3.8, 4) is 11.5 Å². The molecule has 2 aliphatic rings. The van der Waals surface area contributed by atoms with Crippen LogP contribution in [0, 0.1) is 13.8 Å². The minimum absolute atomic E-state index is 0.0334. The van der Waals surface area contributed by atoms with Crippen molar-refractivity contribution in [3.63, 3.8) is 0 Å². The van der Waals surface area contributed by atoms with Gasteiger partial charge in [0.2, 0.25) is 5.91 Å². The number of phenolic OH excluding ortho intramolecular Hbond substituents is 1. The van der Waals surface area contributed by atoms with Gasteiger partial charge in [0.1, 0.15) is 12.7 Å². The molecule has 3 amide bonds. The molecule has 40 heavy (non-hydrogen) atoms. The van der Waals surface area contributed by atoms with E-state index in [9.17, 15) is 14.7 Å². The van der Waals surface area contributed by atoms with E-state index in [1.54, 1.807) is 29.0 Å². The number of rotatable bonds is 5. The number of hydrogen-bond donors (Lipinski definition) is 2. The summed E-state index contributed by atoms with van der Waals surface area (Å²) in [5, 5.41) is 14.2. The molecule has 0 spiro atoms. The monoisotopic (exact) mass is 542 g/mol. The summed E-state index contributed by atoms with van der Waals surface area (Å²) < 4.78 is 5.89. The molecule has 3 atom stereocenters. The Morgan fingerprint density at radius 3 is 2.12 bits per heavy atom. The maximum absolute atomic E-state index is 14.4. The van der Waals surface area contributed by atoms with Crippen LogP contribution in [0.2, 0.25) is 0 Å². The van der Waals surface area contributed by atoms with Crippen LogP contribution in [0.25, 0.3) is 0 Å². The number of urea groups is 1. The van der Waals surface area contributed by atoms with Crippen LogP contribution in [-0.4, -0.2) is 64.5 Å². The van der Waals surface area contributed by atoms with E-state index < -0.39 is 6.17 Å². The van der Waals surface area contributed by atoms with Gasteiger partial charge in [-0.25, -0.2) is 4.79 Å². The highest BCUT2D eigenvalue weighted by molar-refractivity contribution is 5.85. The zero-order valence-electron chi connectivity index (χ0n) is 23.8. The normalized spacial score (nSPS) is 21.3. The first-order valence-corrected chi connectivity index (χ1v) is 13.8. The van der Waals surface area contributed by atoms with Crippen molar-refractivity contribution in [2.24, 2.45) is 0 Å². The highest BCUT2D eigenvalue weighted by Gasteiger charge is 2.47. The molecule has 210 valence electrons. The Balaban J connectivity index is 1.64. The molecule has 0 aromatic heterocycles. The second-order valence-corrected chi connectivity index (χ2v) is 11.1. The lowest BCUT2D eigenvalue weighted by molar-refractivity contribution is -0.133. The lowest BCUT2D eigenvalue weighted by atomic mass is 9.93. The molecule has 2 fully saturated rings. The fraction of sp³-hybridized carbons (Fsp3) is 0.375. The molecular weight excluding hydrogens is 504 g/mol. The molecule has 2 heterocycles. The Morgan fingerprint density at radius 2 is 1.52 bits per heavy atom. The Hall–Kier alpha value is -4.04. The van der Waals surface area contributed by atoms with Gasteiger partial charge in [-0.3, -0.25) is 15.0 Å². The highest BCUT2D eigenvalue weighted by atomic mass is 16.5. The number of phenols is 1. The Kier molecular flexibility index (Phi) is 7.72. The van der Waals surface area contributed by atoms with E-state index in [2.05, 4.69) is 60.8 Å².